The molecule has 0 unspecified atom stereocenters. The molecule has 5 nitrogen and oxygen atoms in total. The standard InChI is InChI=1S/C15H20N4O/c1-3-13-18-14(16-4-2)11-15(19-13)20-10-8-12-7-5-6-9-17-12/h5-7,9,11H,3-4,8,10H2,1-2H3,(H,16,18,19). The van der Waals surface area contributed by atoms with E-state index < -0.39 is 0 Å². The summed E-state index contributed by atoms with van der Waals surface area (Å²) in [7, 11) is 0. The Morgan fingerprint density at radius 3 is 2.80 bits per heavy atom. The number of hydrogen-bond acceptors (Lipinski definition) is 5. The van der Waals surface area contributed by atoms with E-state index in [0.717, 1.165) is 36.7 Å². The maximum absolute atomic E-state index is 5.71. The lowest BCUT2D eigenvalue weighted by molar-refractivity contribution is 0.307. The second kappa shape index (κ2) is 7.43. The predicted octanol–water partition coefficient (Wildman–Crippen LogP) is 2.49. The van der Waals surface area contributed by atoms with Crippen LogP contribution >= 0.6 is 0 Å². The highest BCUT2D eigenvalue weighted by Gasteiger charge is 2.04. The van der Waals surface area contributed by atoms with Gasteiger partial charge in [0.2, 0.25) is 5.88 Å². The fourth-order valence-electron chi connectivity index (χ4n) is 1.78. The number of pyridine rings is 1. The highest BCUT2D eigenvalue weighted by molar-refractivity contribution is 5.38. The van der Waals surface area contributed by atoms with E-state index in [9.17, 15) is 0 Å². The Bertz CT molecular complexity index is 531. The average molecular weight is 272 g/mol. The van der Waals surface area contributed by atoms with Crippen molar-refractivity contribution in [2.24, 2.45) is 0 Å². The van der Waals surface area contributed by atoms with Gasteiger partial charge in [0.05, 0.1) is 6.61 Å². The molecule has 0 fully saturated rings. The quantitative estimate of drug-likeness (QED) is 0.839. The number of nitrogens with zero attached hydrogens (tertiary/aromatic N) is 3. The molecule has 0 aromatic carbocycles. The van der Waals surface area contributed by atoms with Crippen LogP contribution in [-0.4, -0.2) is 28.1 Å². The lowest BCUT2D eigenvalue weighted by atomic mass is 10.3. The zero-order chi connectivity index (χ0) is 14.2. The predicted molar refractivity (Wildman–Crippen MR) is 79.0 cm³/mol. The molecule has 1 N–H and O–H groups in total. The number of nitrogens with one attached hydrogen (secondary N) is 1. The molecular weight excluding hydrogens is 252 g/mol. The van der Waals surface area contributed by atoms with Crippen molar-refractivity contribution < 1.29 is 4.74 Å². The lowest BCUT2D eigenvalue weighted by Gasteiger charge is -2.09. The molecule has 0 atom stereocenters. The Kier molecular flexibility index (Phi) is 5.29. The minimum Gasteiger partial charge on any atom is -0.477 e. The summed E-state index contributed by atoms with van der Waals surface area (Å²) in [6, 6.07) is 7.71. The monoisotopic (exact) mass is 272 g/mol. The molecule has 106 valence electrons. The Labute approximate surface area is 119 Å². The smallest absolute Gasteiger partial charge is 0.218 e. The van der Waals surface area contributed by atoms with E-state index in [0.29, 0.717) is 12.5 Å². The molecule has 0 radical (unpaired) electrons. The summed E-state index contributed by atoms with van der Waals surface area (Å²) in [6.45, 7) is 5.45. The molecule has 0 saturated heterocycles. The van der Waals surface area contributed by atoms with Crippen molar-refractivity contribution in [1.82, 2.24) is 15.0 Å². The number of rotatable bonds is 7. The van der Waals surface area contributed by atoms with Gasteiger partial charge in [-0.1, -0.05) is 13.0 Å². The zero-order valence-corrected chi connectivity index (χ0v) is 12.0. The molecule has 2 aromatic heterocycles. The first-order valence-electron chi connectivity index (χ1n) is 6.96. The minimum absolute atomic E-state index is 0.558. The number of aromatic nitrogens is 3. The molecule has 20 heavy (non-hydrogen) atoms. The van der Waals surface area contributed by atoms with Gasteiger partial charge in [-0.2, -0.15) is 4.98 Å². The highest BCUT2D eigenvalue weighted by Crippen LogP contribution is 2.14. The van der Waals surface area contributed by atoms with Gasteiger partial charge in [0, 0.05) is 37.3 Å². The van der Waals surface area contributed by atoms with Gasteiger partial charge in [0.1, 0.15) is 11.6 Å². The van der Waals surface area contributed by atoms with E-state index in [2.05, 4.69) is 20.3 Å². The van der Waals surface area contributed by atoms with Crippen LogP contribution in [0.5, 0.6) is 5.88 Å². The summed E-state index contributed by atoms with van der Waals surface area (Å²) in [5.74, 6) is 2.22. The largest absolute Gasteiger partial charge is 0.477 e. The van der Waals surface area contributed by atoms with E-state index in [4.69, 9.17) is 4.74 Å². The van der Waals surface area contributed by atoms with Crippen LogP contribution in [-0.2, 0) is 12.8 Å². The molecule has 0 aliphatic heterocycles. The molecule has 0 saturated carbocycles. The Morgan fingerprint density at radius 1 is 1.20 bits per heavy atom. The first kappa shape index (κ1) is 14.2. The fraction of sp³-hybridized carbons (Fsp3) is 0.400. The third kappa shape index (κ3) is 4.19. The van der Waals surface area contributed by atoms with Crippen LogP contribution in [0.15, 0.2) is 30.5 Å². The van der Waals surface area contributed by atoms with E-state index in [-0.39, 0.29) is 0 Å². The molecule has 0 aliphatic rings. The van der Waals surface area contributed by atoms with E-state index in [1.165, 1.54) is 0 Å². The number of aryl methyl sites for hydroxylation is 1. The van der Waals surface area contributed by atoms with Crippen molar-refractivity contribution in [2.75, 3.05) is 18.5 Å². The van der Waals surface area contributed by atoms with Gasteiger partial charge in [-0.05, 0) is 19.1 Å². The first-order valence-corrected chi connectivity index (χ1v) is 6.96. The van der Waals surface area contributed by atoms with Crippen LogP contribution < -0.4 is 10.1 Å². The Morgan fingerprint density at radius 2 is 2.10 bits per heavy atom. The van der Waals surface area contributed by atoms with Crippen molar-refractivity contribution in [3.05, 3.63) is 42.0 Å². The summed E-state index contributed by atoms with van der Waals surface area (Å²) < 4.78 is 5.71. The highest BCUT2D eigenvalue weighted by atomic mass is 16.5. The van der Waals surface area contributed by atoms with Crippen LogP contribution in [0, 0.1) is 0 Å². The van der Waals surface area contributed by atoms with Crippen molar-refractivity contribution in [1.29, 1.82) is 0 Å². The van der Waals surface area contributed by atoms with Crippen molar-refractivity contribution in [3.63, 3.8) is 0 Å². The van der Waals surface area contributed by atoms with Crippen molar-refractivity contribution in [3.8, 4) is 5.88 Å². The molecule has 2 heterocycles. The van der Waals surface area contributed by atoms with Crippen LogP contribution in [0.2, 0.25) is 0 Å². The van der Waals surface area contributed by atoms with Gasteiger partial charge in [-0.25, -0.2) is 4.98 Å². The van der Waals surface area contributed by atoms with Gasteiger partial charge in [-0.3, -0.25) is 4.98 Å². The van der Waals surface area contributed by atoms with Crippen molar-refractivity contribution in [2.45, 2.75) is 26.7 Å². The second-order valence-corrected chi connectivity index (χ2v) is 4.31. The Hall–Kier alpha value is -2.17. The summed E-state index contributed by atoms with van der Waals surface area (Å²) in [6.07, 6.45) is 3.34. The SMILES string of the molecule is CCNc1cc(OCCc2ccccn2)nc(CC)n1. The molecule has 5 heteroatoms. The van der Waals surface area contributed by atoms with E-state index in [1.807, 2.05) is 38.1 Å². The van der Waals surface area contributed by atoms with Crippen molar-refractivity contribution >= 4 is 5.82 Å². The van der Waals surface area contributed by atoms with Gasteiger partial charge < -0.3 is 10.1 Å². The maximum Gasteiger partial charge on any atom is 0.218 e. The number of anilines is 1. The van der Waals surface area contributed by atoms with Gasteiger partial charge in [0.25, 0.3) is 0 Å². The van der Waals surface area contributed by atoms with Crippen LogP contribution in [0.25, 0.3) is 0 Å². The summed E-state index contributed by atoms with van der Waals surface area (Å²) in [5, 5.41) is 3.19. The molecule has 0 amide bonds. The van der Waals surface area contributed by atoms with Crippen LogP contribution in [0.4, 0.5) is 5.82 Å². The normalized spacial score (nSPS) is 10.3. The number of hydrogen-bond donors (Lipinski definition) is 1. The van der Waals surface area contributed by atoms with E-state index in [1.54, 1.807) is 6.20 Å². The van der Waals surface area contributed by atoms with Gasteiger partial charge in [-0.15, -0.1) is 0 Å². The maximum atomic E-state index is 5.71. The second-order valence-electron chi connectivity index (χ2n) is 4.31. The number of ether oxygens (including phenoxy) is 1. The zero-order valence-electron chi connectivity index (χ0n) is 12.0. The third-order valence-electron chi connectivity index (χ3n) is 2.76. The average Bonchev–Trinajstić information content (AvgIpc) is 2.48. The van der Waals surface area contributed by atoms with Gasteiger partial charge in [0.15, 0.2) is 0 Å². The first-order chi connectivity index (χ1) is 9.81. The van der Waals surface area contributed by atoms with E-state index >= 15 is 0 Å². The molecule has 2 aromatic rings. The van der Waals surface area contributed by atoms with Crippen LogP contribution in [0.1, 0.15) is 25.4 Å². The molecule has 0 aliphatic carbocycles. The summed E-state index contributed by atoms with van der Waals surface area (Å²) in [4.78, 5) is 13.0. The summed E-state index contributed by atoms with van der Waals surface area (Å²) in [5.41, 5.74) is 1.02. The topological polar surface area (TPSA) is 59.9 Å². The third-order valence-corrected chi connectivity index (χ3v) is 2.76. The molecular formula is C15H20N4O. The van der Waals surface area contributed by atoms with Gasteiger partial charge >= 0.3 is 0 Å². The lowest BCUT2D eigenvalue weighted by Crippen LogP contribution is -2.08. The fourth-order valence-corrected chi connectivity index (χ4v) is 1.78. The minimum atomic E-state index is 0.558. The Balaban J connectivity index is 1.96. The molecule has 0 bridgehead atoms. The van der Waals surface area contributed by atoms with Crippen LogP contribution in [0.3, 0.4) is 0 Å². The molecule has 2 rings (SSSR count). The molecule has 0 spiro atoms. The summed E-state index contributed by atoms with van der Waals surface area (Å²) >= 11 is 0.